The van der Waals surface area contributed by atoms with Crippen molar-refractivity contribution in [1.29, 1.82) is 0 Å². The minimum atomic E-state index is -0.642. The maximum Gasteiger partial charge on any atom is 0.263 e. The fourth-order valence-corrected chi connectivity index (χ4v) is 3.37. The maximum atomic E-state index is 13.1. The molecule has 0 aromatic heterocycles. The molecule has 1 unspecified atom stereocenters. The Morgan fingerprint density at radius 1 is 1.35 bits per heavy atom. The van der Waals surface area contributed by atoms with Gasteiger partial charge in [0.2, 0.25) is 0 Å². The molecule has 1 aromatic carbocycles. The van der Waals surface area contributed by atoms with Gasteiger partial charge in [0.15, 0.2) is 11.9 Å². The quantitative estimate of drug-likeness (QED) is 0.799. The van der Waals surface area contributed by atoms with Crippen LogP contribution in [0.1, 0.15) is 19.8 Å². The lowest BCUT2D eigenvalue weighted by Crippen LogP contribution is -2.50. The summed E-state index contributed by atoms with van der Waals surface area (Å²) >= 11 is 3.24. The molecule has 0 aliphatic carbocycles. The minimum Gasteiger partial charge on any atom is -0.480 e. The van der Waals surface area contributed by atoms with E-state index in [0.29, 0.717) is 49.4 Å². The van der Waals surface area contributed by atoms with E-state index in [1.165, 1.54) is 18.2 Å². The Morgan fingerprint density at radius 3 is 2.61 bits per heavy atom. The van der Waals surface area contributed by atoms with Gasteiger partial charge in [-0.3, -0.25) is 4.79 Å². The molecule has 1 atom stereocenters. The van der Waals surface area contributed by atoms with Crippen LogP contribution in [0.5, 0.6) is 5.75 Å². The largest absolute Gasteiger partial charge is 0.480 e. The highest BCUT2D eigenvalue weighted by molar-refractivity contribution is 9.10. The molecule has 0 saturated carbocycles. The SMILES string of the molecule is CC(Oc1ccc(F)cc1Br)C(=O)N1CCC2(CC1)OCCO2. The molecule has 0 bridgehead atoms. The standard InChI is InChI=1S/C16H19BrFNO4/c1-11(23-14-3-2-12(18)10-13(14)17)15(20)19-6-4-16(5-7-19)21-8-9-22-16/h2-3,10-11H,4-9H2,1H3. The number of rotatable bonds is 3. The first-order valence-electron chi connectivity index (χ1n) is 7.67. The second-order valence-corrected chi connectivity index (χ2v) is 6.62. The van der Waals surface area contributed by atoms with E-state index in [9.17, 15) is 9.18 Å². The van der Waals surface area contributed by atoms with Gasteiger partial charge in [0.25, 0.3) is 5.91 Å². The molecule has 23 heavy (non-hydrogen) atoms. The van der Waals surface area contributed by atoms with Crippen LogP contribution < -0.4 is 4.74 Å². The van der Waals surface area contributed by atoms with Gasteiger partial charge in [-0.25, -0.2) is 4.39 Å². The lowest BCUT2D eigenvalue weighted by Gasteiger charge is -2.38. The first-order chi connectivity index (χ1) is 11.0. The number of amides is 1. The monoisotopic (exact) mass is 387 g/mol. The predicted molar refractivity (Wildman–Crippen MR) is 84.6 cm³/mol. The highest BCUT2D eigenvalue weighted by atomic mass is 79.9. The van der Waals surface area contributed by atoms with E-state index in [4.69, 9.17) is 14.2 Å². The van der Waals surface area contributed by atoms with Crippen molar-refractivity contribution in [2.24, 2.45) is 0 Å². The third-order valence-electron chi connectivity index (χ3n) is 4.20. The van der Waals surface area contributed by atoms with E-state index in [0.717, 1.165) is 0 Å². The summed E-state index contributed by atoms with van der Waals surface area (Å²) in [6.45, 7) is 4.09. The summed E-state index contributed by atoms with van der Waals surface area (Å²) in [7, 11) is 0. The van der Waals surface area contributed by atoms with Crippen LogP contribution in [0.4, 0.5) is 4.39 Å². The van der Waals surface area contributed by atoms with Gasteiger partial charge in [0.05, 0.1) is 17.7 Å². The Bertz CT molecular complexity index is 581. The second kappa shape index (κ2) is 6.75. The van der Waals surface area contributed by atoms with Crippen molar-refractivity contribution in [1.82, 2.24) is 4.90 Å². The van der Waals surface area contributed by atoms with Crippen LogP contribution in [-0.2, 0) is 14.3 Å². The van der Waals surface area contributed by atoms with Gasteiger partial charge in [0.1, 0.15) is 11.6 Å². The molecule has 1 spiro atoms. The summed E-state index contributed by atoms with van der Waals surface area (Å²) in [5.41, 5.74) is 0. The summed E-state index contributed by atoms with van der Waals surface area (Å²) in [6, 6.07) is 4.12. The Kier molecular flexibility index (Phi) is 4.89. The third-order valence-corrected chi connectivity index (χ3v) is 4.82. The van der Waals surface area contributed by atoms with Crippen molar-refractivity contribution in [3.05, 3.63) is 28.5 Å². The molecule has 2 saturated heterocycles. The Morgan fingerprint density at radius 2 is 2.00 bits per heavy atom. The van der Waals surface area contributed by atoms with E-state index >= 15 is 0 Å². The van der Waals surface area contributed by atoms with E-state index in [1.807, 2.05) is 0 Å². The number of hydrogen-bond acceptors (Lipinski definition) is 4. The van der Waals surface area contributed by atoms with Crippen molar-refractivity contribution in [3.8, 4) is 5.75 Å². The van der Waals surface area contributed by atoms with E-state index in [2.05, 4.69) is 15.9 Å². The molecule has 1 amide bonds. The number of benzene rings is 1. The number of hydrogen-bond donors (Lipinski definition) is 0. The van der Waals surface area contributed by atoms with Crippen LogP contribution in [0.25, 0.3) is 0 Å². The average molecular weight is 388 g/mol. The number of nitrogens with zero attached hydrogens (tertiary/aromatic N) is 1. The maximum absolute atomic E-state index is 13.1. The topological polar surface area (TPSA) is 48.0 Å². The van der Waals surface area contributed by atoms with Gasteiger partial charge in [-0.05, 0) is 41.1 Å². The van der Waals surface area contributed by atoms with Gasteiger partial charge in [-0.2, -0.15) is 0 Å². The molecule has 1 aromatic rings. The highest BCUT2D eigenvalue weighted by Gasteiger charge is 2.41. The Hall–Kier alpha value is -1.18. The molecule has 0 radical (unpaired) electrons. The van der Waals surface area contributed by atoms with Crippen molar-refractivity contribution >= 4 is 21.8 Å². The molecule has 2 fully saturated rings. The Labute approximate surface area is 142 Å². The lowest BCUT2D eigenvalue weighted by atomic mass is 10.0. The normalized spacial score (nSPS) is 21.4. The number of halogens is 2. The highest BCUT2D eigenvalue weighted by Crippen LogP contribution is 2.32. The van der Waals surface area contributed by atoms with Crippen molar-refractivity contribution in [3.63, 3.8) is 0 Å². The van der Waals surface area contributed by atoms with Crippen LogP contribution in [0.2, 0.25) is 0 Å². The molecule has 126 valence electrons. The summed E-state index contributed by atoms with van der Waals surface area (Å²) in [6.07, 6.45) is 0.702. The van der Waals surface area contributed by atoms with Crippen molar-refractivity contribution in [2.75, 3.05) is 26.3 Å². The Balaban J connectivity index is 1.57. The van der Waals surface area contributed by atoms with Crippen LogP contribution in [0.3, 0.4) is 0 Å². The van der Waals surface area contributed by atoms with Crippen LogP contribution in [0, 0.1) is 5.82 Å². The van der Waals surface area contributed by atoms with Gasteiger partial charge in [-0.15, -0.1) is 0 Å². The summed E-state index contributed by atoms with van der Waals surface area (Å²) in [5.74, 6) is -0.501. The zero-order valence-corrected chi connectivity index (χ0v) is 14.5. The average Bonchev–Trinajstić information content (AvgIpc) is 2.98. The predicted octanol–water partition coefficient (Wildman–Crippen LogP) is 2.72. The first kappa shape index (κ1) is 16.7. The van der Waals surface area contributed by atoms with Gasteiger partial charge >= 0.3 is 0 Å². The zero-order chi connectivity index (χ0) is 16.4. The summed E-state index contributed by atoms with van der Waals surface area (Å²) in [5, 5.41) is 0. The first-order valence-corrected chi connectivity index (χ1v) is 8.47. The number of carbonyl (C=O) groups excluding carboxylic acids is 1. The van der Waals surface area contributed by atoms with Crippen molar-refractivity contribution < 1.29 is 23.4 Å². The smallest absolute Gasteiger partial charge is 0.263 e. The number of carbonyl (C=O) groups is 1. The van der Waals surface area contributed by atoms with E-state index in [-0.39, 0.29) is 11.7 Å². The molecular formula is C16H19BrFNO4. The molecule has 0 N–H and O–H groups in total. The van der Waals surface area contributed by atoms with Gasteiger partial charge in [-0.1, -0.05) is 0 Å². The number of piperidine rings is 1. The van der Waals surface area contributed by atoms with E-state index in [1.54, 1.807) is 11.8 Å². The van der Waals surface area contributed by atoms with Crippen molar-refractivity contribution in [2.45, 2.75) is 31.7 Å². The minimum absolute atomic E-state index is 0.0888. The lowest BCUT2D eigenvalue weighted by molar-refractivity contribution is -0.188. The number of likely N-dealkylation sites (tertiary alicyclic amines) is 1. The van der Waals surface area contributed by atoms with Crippen LogP contribution >= 0.6 is 15.9 Å². The van der Waals surface area contributed by atoms with Crippen LogP contribution in [-0.4, -0.2) is 49.0 Å². The molecule has 3 rings (SSSR count). The molecule has 7 heteroatoms. The molecular weight excluding hydrogens is 369 g/mol. The van der Waals surface area contributed by atoms with Gasteiger partial charge in [0, 0.05) is 25.9 Å². The molecule has 2 heterocycles. The number of ether oxygens (including phenoxy) is 3. The molecule has 2 aliphatic rings. The summed E-state index contributed by atoms with van der Waals surface area (Å²) < 4.78 is 30.6. The third kappa shape index (κ3) is 3.67. The molecule has 5 nitrogen and oxygen atoms in total. The van der Waals surface area contributed by atoms with Crippen LogP contribution in [0.15, 0.2) is 22.7 Å². The second-order valence-electron chi connectivity index (χ2n) is 5.77. The van der Waals surface area contributed by atoms with Gasteiger partial charge < -0.3 is 19.1 Å². The fraction of sp³-hybridized carbons (Fsp3) is 0.562. The zero-order valence-electron chi connectivity index (χ0n) is 12.9. The van der Waals surface area contributed by atoms with E-state index < -0.39 is 11.9 Å². The summed E-state index contributed by atoms with van der Waals surface area (Å²) in [4.78, 5) is 14.3. The molecule has 2 aliphatic heterocycles. The fourth-order valence-electron chi connectivity index (χ4n) is 2.92.